The highest BCUT2D eigenvalue weighted by atomic mass is 127. The first-order valence-corrected chi connectivity index (χ1v) is 9.42. The van der Waals surface area contributed by atoms with Crippen molar-refractivity contribution >= 4 is 29.9 Å². The fourth-order valence-corrected chi connectivity index (χ4v) is 3.31. The number of hydrogen-bond donors (Lipinski definition) is 1. The van der Waals surface area contributed by atoms with E-state index in [0.29, 0.717) is 30.8 Å². The molecule has 0 aromatic carbocycles. The van der Waals surface area contributed by atoms with E-state index in [1.54, 1.807) is 0 Å². The smallest absolute Gasteiger partial charge is 0.228 e. The summed E-state index contributed by atoms with van der Waals surface area (Å²) in [5.41, 5.74) is 0. The van der Waals surface area contributed by atoms with E-state index >= 15 is 0 Å². The van der Waals surface area contributed by atoms with Gasteiger partial charge in [0.25, 0.3) is 0 Å². The van der Waals surface area contributed by atoms with Crippen molar-refractivity contribution in [2.75, 3.05) is 39.3 Å². The molecule has 0 aliphatic carbocycles. The molecule has 1 fully saturated rings. The largest absolute Gasteiger partial charge is 0.357 e. The molecule has 1 saturated heterocycles. The molecule has 8 heteroatoms. The molecule has 1 aromatic heterocycles. The number of halogens is 1. The van der Waals surface area contributed by atoms with Crippen LogP contribution in [0.3, 0.4) is 0 Å². The van der Waals surface area contributed by atoms with Crippen molar-refractivity contribution in [1.29, 1.82) is 0 Å². The van der Waals surface area contributed by atoms with Crippen LogP contribution in [0.2, 0.25) is 0 Å². The molecule has 0 saturated carbocycles. The van der Waals surface area contributed by atoms with E-state index in [0.717, 1.165) is 44.5 Å². The van der Waals surface area contributed by atoms with Gasteiger partial charge in [0.1, 0.15) is 0 Å². The van der Waals surface area contributed by atoms with Gasteiger partial charge in [0.2, 0.25) is 5.89 Å². The Labute approximate surface area is 173 Å². The molecule has 26 heavy (non-hydrogen) atoms. The molecule has 2 aliphatic rings. The number of guanidine groups is 1. The Morgan fingerprint density at radius 1 is 1.38 bits per heavy atom. The average Bonchev–Trinajstić information content (AvgIpc) is 3.33. The van der Waals surface area contributed by atoms with Crippen molar-refractivity contribution in [3.8, 4) is 0 Å². The van der Waals surface area contributed by atoms with Crippen LogP contribution in [0.25, 0.3) is 0 Å². The minimum Gasteiger partial charge on any atom is -0.357 e. The van der Waals surface area contributed by atoms with Gasteiger partial charge < -0.3 is 14.7 Å². The van der Waals surface area contributed by atoms with E-state index in [2.05, 4.69) is 58.2 Å². The van der Waals surface area contributed by atoms with Gasteiger partial charge in [-0.05, 0) is 13.3 Å². The molecule has 3 heterocycles. The van der Waals surface area contributed by atoms with Crippen LogP contribution >= 0.6 is 24.0 Å². The predicted molar refractivity (Wildman–Crippen MR) is 114 cm³/mol. The van der Waals surface area contributed by atoms with Gasteiger partial charge in [0.15, 0.2) is 11.8 Å². The van der Waals surface area contributed by atoms with Crippen molar-refractivity contribution in [3.05, 3.63) is 23.9 Å². The maximum absolute atomic E-state index is 5.30. The Balaban J connectivity index is 0.00000243. The summed E-state index contributed by atoms with van der Waals surface area (Å²) in [6.45, 7) is 12.1. The number of nitrogens with zero attached hydrogens (tertiary/aromatic N) is 5. The zero-order valence-electron chi connectivity index (χ0n) is 16.0. The number of rotatable bonds is 6. The Bertz CT molecular complexity index is 607. The van der Waals surface area contributed by atoms with Crippen LogP contribution in [-0.2, 0) is 6.42 Å². The summed E-state index contributed by atoms with van der Waals surface area (Å²) in [5, 5.41) is 7.43. The summed E-state index contributed by atoms with van der Waals surface area (Å²) in [5.74, 6) is 2.74. The van der Waals surface area contributed by atoms with E-state index < -0.39 is 0 Å². The van der Waals surface area contributed by atoms with Crippen LogP contribution in [0.15, 0.2) is 21.7 Å². The zero-order chi connectivity index (χ0) is 17.6. The SMILES string of the molecule is CCNC(=NCCc1nc(C(C)C)no1)N1CCC(N2CC=CC2)C1.I. The molecule has 0 spiro atoms. The molecular formula is C18H31IN6O. The molecule has 3 rings (SSSR count). The molecule has 0 radical (unpaired) electrons. The maximum Gasteiger partial charge on any atom is 0.228 e. The van der Waals surface area contributed by atoms with Crippen molar-refractivity contribution in [1.82, 2.24) is 25.3 Å². The van der Waals surface area contributed by atoms with Gasteiger partial charge in [-0.2, -0.15) is 4.98 Å². The molecule has 0 amide bonds. The third-order valence-electron chi connectivity index (χ3n) is 4.75. The lowest BCUT2D eigenvalue weighted by atomic mass is 10.2. The van der Waals surface area contributed by atoms with Gasteiger partial charge in [-0.1, -0.05) is 31.2 Å². The van der Waals surface area contributed by atoms with Gasteiger partial charge in [-0.25, -0.2) is 0 Å². The number of likely N-dealkylation sites (tertiary alicyclic amines) is 1. The minimum absolute atomic E-state index is 0. The second-order valence-electron chi connectivity index (χ2n) is 7.00. The summed E-state index contributed by atoms with van der Waals surface area (Å²) in [7, 11) is 0. The molecule has 146 valence electrons. The van der Waals surface area contributed by atoms with E-state index in [1.807, 2.05) is 0 Å². The monoisotopic (exact) mass is 474 g/mol. The van der Waals surface area contributed by atoms with E-state index in [-0.39, 0.29) is 24.0 Å². The third-order valence-corrected chi connectivity index (χ3v) is 4.75. The van der Waals surface area contributed by atoms with Crippen LogP contribution < -0.4 is 5.32 Å². The average molecular weight is 474 g/mol. The molecule has 7 nitrogen and oxygen atoms in total. The van der Waals surface area contributed by atoms with Crippen LogP contribution in [-0.4, -0.2) is 71.2 Å². The summed E-state index contributed by atoms with van der Waals surface area (Å²) < 4.78 is 5.30. The topological polar surface area (TPSA) is 69.8 Å². The van der Waals surface area contributed by atoms with Crippen molar-refractivity contribution < 1.29 is 4.52 Å². The molecule has 1 N–H and O–H groups in total. The van der Waals surface area contributed by atoms with Gasteiger partial charge in [-0.15, -0.1) is 24.0 Å². The van der Waals surface area contributed by atoms with Crippen LogP contribution in [0.4, 0.5) is 0 Å². The standard InChI is InChI=1S/C18H30N6O.HI/c1-4-19-18(20-9-7-16-21-17(14(2)3)22-25-16)24-12-8-15(13-24)23-10-5-6-11-23;/h5-6,14-15H,4,7-13H2,1-3H3,(H,19,20);1H. The molecule has 2 aliphatic heterocycles. The van der Waals surface area contributed by atoms with E-state index in [4.69, 9.17) is 9.52 Å². The molecule has 1 aromatic rings. The molecule has 1 unspecified atom stereocenters. The highest BCUT2D eigenvalue weighted by molar-refractivity contribution is 14.0. The Morgan fingerprint density at radius 2 is 2.15 bits per heavy atom. The number of hydrogen-bond acceptors (Lipinski definition) is 5. The summed E-state index contributed by atoms with van der Waals surface area (Å²) in [4.78, 5) is 14.1. The number of aliphatic imine (C=N–C) groups is 1. The van der Waals surface area contributed by atoms with Gasteiger partial charge in [0, 0.05) is 51.1 Å². The zero-order valence-corrected chi connectivity index (χ0v) is 18.3. The van der Waals surface area contributed by atoms with Crippen molar-refractivity contribution in [2.45, 2.75) is 45.6 Å². The van der Waals surface area contributed by atoms with Crippen LogP contribution in [0.1, 0.15) is 44.8 Å². The van der Waals surface area contributed by atoms with Gasteiger partial charge in [0.05, 0.1) is 6.54 Å². The molecule has 1 atom stereocenters. The van der Waals surface area contributed by atoms with Crippen LogP contribution in [0, 0.1) is 0 Å². The summed E-state index contributed by atoms with van der Waals surface area (Å²) in [6.07, 6.45) is 6.41. The highest BCUT2D eigenvalue weighted by Gasteiger charge is 2.29. The lowest BCUT2D eigenvalue weighted by molar-refractivity contribution is 0.259. The highest BCUT2D eigenvalue weighted by Crippen LogP contribution is 2.18. The first-order valence-electron chi connectivity index (χ1n) is 9.42. The first kappa shape index (κ1) is 21.1. The normalized spacial score (nSPS) is 20.8. The maximum atomic E-state index is 5.30. The Kier molecular flexibility index (Phi) is 8.33. The quantitative estimate of drug-likeness (QED) is 0.295. The van der Waals surface area contributed by atoms with Crippen molar-refractivity contribution in [3.63, 3.8) is 0 Å². The van der Waals surface area contributed by atoms with E-state index in [1.165, 1.54) is 6.42 Å². The second kappa shape index (κ2) is 10.2. The second-order valence-corrected chi connectivity index (χ2v) is 7.00. The van der Waals surface area contributed by atoms with Crippen LogP contribution in [0.5, 0.6) is 0 Å². The van der Waals surface area contributed by atoms with Crippen molar-refractivity contribution in [2.24, 2.45) is 4.99 Å². The number of aromatic nitrogens is 2. The first-order chi connectivity index (χ1) is 12.2. The van der Waals surface area contributed by atoms with Gasteiger partial charge in [-0.3, -0.25) is 9.89 Å². The number of nitrogens with one attached hydrogen (secondary N) is 1. The molecule has 0 bridgehead atoms. The summed E-state index contributed by atoms with van der Waals surface area (Å²) >= 11 is 0. The fourth-order valence-electron chi connectivity index (χ4n) is 3.31. The Morgan fingerprint density at radius 3 is 2.81 bits per heavy atom. The minimum atomic E-state index is 0. The molecular weight excluding hydrogens is 443 g/mol. The summed E-state index contributed by atoms with van der Waals surface area (Å²) in [6, 6.07) is 0.628. The third kappa shape index (κ3) is 5.42. The fraction of sp³-hybridized carbons (Fsp3) is 0.722. The Hall–Kier alpha value is -1.16. The predicted octanol–water partition coefficient (Wildman–Crippen LogP) is 2.27. The van der Waals surface area contributed by atoms with E-state index in [9.17, 15) is 0 Å². The lowest BCUT2D eigenvalue weighted by Gasteiger charge is -2.25. The lowest BCUT2D eigenvalue weighted by Crippen LogP contribution is -2.43. The van der Waals surface area contributed by atoms with Gasteiger partial charge >= 0.3 is 0 Å².